The lowest BCUT2D eigenvalue weighted by Crippen LogP contribution is -2.56. The van der Waals surface area contributed by atoms with Crippen molar-refractivity contribution in [2.75, 3.05) is 44.7 Å². The number of piperazine rings is 1. The van der Waals surface area contributed by atoms with Crippen LogP contribution in [-0.2, 0) is 4.74 Å². The molecular formula is C34H35ClF3N7O3. The first-order valence-electron chi connectivity index (χ1n) is 15.7. The van der Waals surface area contributed by atoms with Gasteiger partial charge in [0, 0.05) is 49.4 Å². The van der Waals surface area contributed by atoms with Crippen molar-refractivity contribution in [3.63, 3.8) is 0 Å². The van der Waals surface area contributed by atoms with E-state index < -0.39 is 35.5 Å². The van der Waals surface area contributed by atoms with Gasteiger partial charge in [0.15, 0.2) is 5.82 Å². The third-order valence-electron chi connectivity index (χ3n) is 8.61. The number of benzene rings is 2. The van der Waals surface area contributed by atoms with Gasteiger partial charge in [-0.3, -0.25) is 9.88 Å². The molecule has 0 spiro atoms. The first kappa shape index (κ1) is 33.5. The number of likely N-dealkylation sites (tertiary alicyclic amines) is 1. The van der Waals surface area contributed by atoms with Gasteiger partial charge in [-0.25, -0.2) is 18.0 Å². The molecule has 0 unspecified atom stereocenters. The molecule has 0 radical (unpaired) electrons. The summed E-state index contributed by atoms with van der Waals surface area (Å²) in [5, 5.41) is 10.6. The SMILES string of the molecule is CN1C[C@H](F)C[C@@H]1COc1nc(N2CCN(C(=O)OC(C)(C)C)[C@@H](CC#N)C2)c2cnc(-c3cccc4ccc(F)c(Cl)c34)c(F)c2n1. The summed E-state index contributed by atoms with van der Waals surface area (Å²) >= 11 is 6.37. The largest absolute Gasteiger partial charge is 0.462 e. The zero-order valence-electron chi connectivity index (χ0n) is 27.0. The lowest BCUT2D eigenvalue weighted by molar-refractivity contribution is 0.0145. The summed E-state index contributed by atoms with van der Waals surface area (Å²) in [4.78, 5) is 31.8. The minimum atomic E-state index is -0.988. The Morgan fingerprint density at radius 1 is 1.12 bits per heavy atom. The molecule has 48 heavy (non-hydrogen) atoms. The fourth-order valence-corrected chi connectivity index (χ4v) is 6.56. The van der Waals surface area contributed by atoms with Gasteiger partial charge in [0.2, 0.25) is 0 Å². The first-order chi connectivity index (χ1) is 22.8. The third kappa shape index (κ3) is 6.64. The number of carbonyl (C=O) groups excluding carboxylic acids is 1. The number of carbonyl (C=O) groups is 1. The van der Waals surface area contributed by atoms with E-state index in [4.69, 9.17) is 21.1 Å². The molecule has 10 nitrogen and oxygen atoms in total. The molecule has 0 bridgehead atoms. The van der Waals surface area contributed by atoms with Crippen LogP contribution in [0.25, 0.3) is 32.9 Å². The van der Waals surface area contributed by atoms with Crippen molar-refractivity contribution in [1.29, 1.82) is 5.26 Å². The van der Waals surface area contributed by atoms with Crippen molar-refractivity contribution in [2.45, 2.75) is 57.5 Å². The lowest BCUT2D eigenvalue weighted by atomic mass is 10.0. The lowest BCUT2D eigenvalue weighted by Gasteiger charge is -2.41. The molecule has 4 aromatic rings. The molecule has 252 valence electrons. The maximum atomic E-state index is 16.7. The zero-order valence-corrected chi connectivity index (χ0v) is 27.8. The van der Waals surface area contributed by atoms with Gasteiger partial charge < -0.3 is 19.3 Å². The number of amides is 1. The van der Waals surface area contributed by atoms with E-state index >= 15 is 4.39 Å². The smallest absolute Gasteiger partial charge is 0.410 e. The minimum absolute atomic E-state index is 0.0235. The summed E-state index contributed by atoms with van der Waals surface area (Å²) in [5.41, 5.74) is -0.638. The summed E-state index contributed by atoms with van der Waals surface area (Å²) in [7, 11) is 1.80. The molecule has 2 fully saturated rings. The van der Waals surface area contributed by atoms with Crippen LogP contribution < -0.4 is 9.64 Å². The van der Waals surface area contributed by atoms with Gasteiger partial charge in [0.05, 0.1) is 28.9 Å². The summed E-state index contributed by atoms with van der Waals surface area (Å²) in [6.07, 6.45) is 0.221. The first-order valence-corrected chi connectivity index (χ1v) is 16.0. The number of anilines is 1. The van der Waals surface area contributed by atoms with Crippen molar-refractivity contribution in [3.05, 3.63) is 53.2 Å². The highest BCUT2D eigenvalue weighted by atomic mass is 35.5. The molecule has 6 rings (SSSR count). The Labute approximate surface area is 281 Å². The fraction of sp³-hybridized carbons (Fsp3) is 0.441. The molecular weight excluding hydrogens is 647 g/mol. The molecule has 4 heterocycles. The summed E-state index contributed by atoms with van der Waals surface area (Å²) in [6, 6.07) is 9.09. The Hall–Kier alpha value is -4.41. The van der Waals surface area contributed by atoms with Crippen molar-refractivity contribution in [1.82, 2.24) is 24.8 Å². The zero-order chi connectivity index (χ0) is 34.3. The van der Waals surface area contributed by atoms with Crippen LogP contribution in [0.2, 0.25) is 5.02 Å². The highest BCUT2D eigenvalue weighted by Crippen LogP contribution is 2.38. The minimum Gasteiger partial charge on any atom is -0.462 e. The van der Waals surface area contributed by atoms with Crippen LogP contribution in [0.3, 0.4) is 0 Å². The summed E-state index contributed by atoms with van der Waals surface area (Å²) in [5.74, 6) is -1.15. The standard InChI is InChI=1S/C34H35ClF3N7O3/c1-34(2,3)48-33(46)45-13-12-44(17-21(45)10-11-39)31-24-15-40-29(23-7-5-6-19-8-9-25(37)27(35)26(19)23)28(38)30(24)41-32(42-31)47-18-22-14-20(36)16-43(22)4/h5-9,15,20-22H,10,12-14,16-18H2,1-4H3/t20-,21+,22-/m1/s1. The number of nitrogens with zero attached hydrogens (tertiary/aromatic N) is 7. The molecule has 2 aliphatic heterocycles. The predicted octanol–water partition coefficient (Wildman–Crippen LogP) is 6.54. The van der Waals surface area contributed by atoms with Crippen molar-refractivity contribution in [2.24, 2.45) is 0 Å². The molecule has 3 atom stereocenters. The molecule has 2 saturated heterocycles. The molecule has 2 aliphatic rings. The number of ether oxygens (including phenoxy) is 2. The van der Waals surface area contributed by atoms with Crippen LogP contribution in [0.15, 0.2) is 36.5 Å². The predicted molar refractivity (Wildman–Crippen MR) is 176 cm³/mol. The molecule has 1 amide bonds. The van der Waals surface area contributed by atoms with E-state index in [1.807, 2.05) is 9.80 Å². The quantitative estimate of drug-likeness (QED) is 0.224. The number of alkyl halides is 1. The van der Waals surface area contributed by atoms with E-state index in [1.165, 1.54) is 17.2 Å². The number of hydrogen-bond acceptors (Lipinski definition) is 9. The molecule has 0 aliphatic carbocycles. The van der Waals surface area contributed by atoms with Crippen molar-refractivity contribution >= 4 is 45.2 Å². The Kier molecular flexibility index (Phi) is 9.24. The average molecular weight is 682 g/mol. The van der Waals surface area contributed by atoms with Gasteiger partial charge in [0.1, 0.15) is 41.2 Å². The number of likely N-dealkylation sites (N-methyl/N-ethyl adjacent to an activating group) is 1. The summed E-state index contributed by atoms with van der Waals surface area (Å²) < 4.78 is 56.9. The number of nitriles is 1. The van der Waals surface area contributed by atoms with Crippen LogP contribution in [0.1, 0.15) is 33.6 Å². The molecule has 0 saturated carbocycles. The Morgan fingerprint density at radius 2 is 1.92 bits per heavy atom. The number of pyridine rings is 1. The second-order valence-corrected chi connectivity index (χ2v) is 13.5. The van der Waals surface area contributed by atoms with Crippen LogP contribution >= 0.6 is 11.6 Å². The second kappa shape index (κ2) is 13.2. The van der Waals surface area contributed by atoms with E-state index in [0.29, 0.717) is 16.6 Å². The van der Waals surface area contributed by atoms with Crippen LogP contribution in [0.5, 0.6) is 6.01 Å². The fourth-order valence-electron chi connectivity index (χ4n) is 6.29. The second-order valence-electron chi connectivity index (χ2n) is 13.2. The van der Waals surface area contributed by atoms with Gasteiger partial charge in [0.25, 0.3) is 0 Å². The van der Waals surface area contributed by atoms with E-state index in [2.05, 4.69) is 21.0 Å². The topological polar surface area (TPSA) is 108 Å². The Morgan fingerprint density at radius 3 is 2.62 bits per heavy atom. The van der Waals surface area contributed by atoms with Gasteiger partial charge in [-0.05, 0) is 45.7 Å². The molecule has 2 aromatic carbocycles. The van der Waals surface area contributed by atoms with Gasteiger partial charge in [-0.1, -0.05) is 35.9 Å². The Bertz CT molecular complexity index is 1920. The maximum absolute atomic E-state index is 16.7. The van der Waals surface area contributed by atoms with Gasteiger partial charge in [-0.2, -0.15) is 15.2 Å². The van der Waals surface area contributed by atoms with Gasteiger partial charge >= 0.3 is 12.1 Å². The molecule has 14 heteroatoms. The number of fused-ring (bicyclic) bond motifs is 2. The number of rotatable bonds is 6. The monoisotopic (exact) mass is 681 g/mol. The number of halogens is 4. The van der Waals surface area contributed by atoms with E-state index in [-0.39, 0.29) is 84.9 Å². The van der Waals surface area contributed by atoms with Crippen LogP contribution in [0, 0.1) is 23.0 Å². The number of aromatic nitrogens is 3. The highest BCUT2D eigenvalue weighted by Gasteiger charge is 2.35. The van der Waals surface area contributed by atoms with Crippen molar-refractivity contribution in [3.8, 4) is 23.3 Å². The number of hydrogen-bond donors (Lipinski definition) is 0. The van der Waals surface area contributed by atoms with Crippen LogP contribution in [-0.4, -0.2) is 94.5 Å². The van der Waals surface area contributed by atoms with E-state index in [1.54, 1.807) is 52.1 Å². The Balaban J connectivity index is 1.43. The average Bonchev–Trinajstić information content (AvgIpc) is 3.37. The molecule has 2 aromatic heterocycles. The summed E-state index contributed by atoms with van der Waals surface area (Å²) in [6.45, 7) is 6.33. The van der Waals surface area contributed by atoms with E-state index in [0.717, 1.165) is 0 Å². The van der Waals surface area contributed by atoms with Crippen LogP contribution in [0.4, 0.5) is 23.8 Å². The van der Waals surface area contributed by atoms with Crippen molar-refractivity contribution < 1.29 is 27.4 Å². The maximum Gasteiger partial charge on any atom is 0.410 e. The highest BCUT2D eigenvalue weighted by molar-refractivity contribution is 6.36. The normalized spacial score (nSPS) is 20.4. The van der Waals surface area contributed by atoms with Gasteiger partial charge in [-0.15, -0.1) is 0 Å². The van der Waals surface area contributed by atoms with E-state index in [9.17, 15) is 18.8 Å². The molecule has 0 N–H and O–H groups in total. The third-order valence-corrected chi connectivity index (χ3v) is 8.98.